The van der Waals surface area contributed by atoms with E-state index in [2.05, 4.69) is 21.2 Å². The van der Waals surface area contributed by atoms with E-state index in [-0.39, 0.29) is 12.4 Å². The van der Waals surface area contributed by atoms with E-state index < -0.39 is 6.10 Å². The van der Waals surface area contributed by atoms with E-state index in [4.69, 9.17) is 21.1 Å². The number of hydrogen-bond acceptors (Lipinski definition) is 4. The normalized spacial score (nSPS) is 12.1. The maximum Gasteiger partial charge on any atom is 0.175 e. The summed E-state index contributed by atoms with van der Waals surface area (Å²) in [4.78, 5) is 0. The average Bonchev–Trinajstić information content (AvgIpc) is 2.55. The number of halogens is 3. The highest BCUT2D eigenvalue weighted by Crippen LogP contribution is 2.37. The van der Waals surface area contributed by atoms with E-state index in [9.17, 15) is 9.50 Å². The van der Waals surface area contributed by atoms with Crippen molar-refractivity contribution in [3.05, 3.63) is 56.8 Å². The van der Waals surface area contributed by atoms with Crippen LogP contribution in [0, 0.1) is 5.82 Å². The number of benzene rings is 2. The van der Waals surface area contributed by atoms with Gasteiger partial charge in [0.25, 0.3) is 0 Å². The molecule has 7 heteroatoms. The molecule has 0 bridgehead atoms. The molecule has 0 saturated heterocycles. The number of ether oxygens (including phenoxy) is 2. The Bertz CT molecular complexity index is 743. The molecule has 0 spiro atoms. The number of aliphatic hydroxyl groups excluding tert-OH is 1. The summed E-state index contributed by atoms with van der Waals surface area (Å²) in [5.74, 6) is 0.782. The van der Waals surface area contributed by atoms with Crippen LogP contribution in [0.25, 0.3) is 0 Å². The van der Waals surface area contributed by atoms with E-state index in [1.165, 1.54) is 12.1 Å². The SMILES string of the molecule is CCOc1cc(CNC[C@@H](C)O)cc(Br)c1OCc1ccc(F)cc1Cl. The molecular weight excluding hydrogens is 425 g/mol. The zero-order chi connectivity index (χ0) is 19.1. The molecule has 2 N–H and O–H groups in total. The molecule has 0 amide bonds. The molecule has 2 aromatic carbocycles. The third-order valence-electron chi connectivity index (χ3n) is 3.53. The Morgan fingerprint density at radius 2 is 2.04 bits per heavy atom. The van der Waals surface area contributed by atoms with Crippen LogP contribution in [0.3, 0.4) is 0 Å². The highest BCUT2D eigenvalue weighted by molar-refractivity contribution is 9.10. The molecular formula is C19H22BrClFNO3. The lowest BCUT2D eigenvalue weighted by Gasteiger charge is -2.16. The molecule has 0 aliphatic heterocycles. The lowest BCUT2D eigenvalue weighted by atomic mass is 10.2. The van der Waals surface area contributed by atoms with Gasteiger partial charge in [-0.2, -0.15) is 0 Å². The predicted octanol–water partition coefficient (Wildman–Crippen LogP) is 4.69. The first-order valence-corrected chi connectivity index (χ1v) is 9.48. The Hall–Kier alpha value is -1.34. The Morgan fingerprint density at radius 1 is 1.27 bits per heavy atom. The largest absolute Gasteiger partial charge is 0.490 e. The minimum absolute atomic E-state index is 0.192. The van der Waals surface area contributed by atoms with Crippen LogP contribution in [0.5, 0.6) is 11.5 Å². The third kappa shape index (κ3) is 6.13. The van der Waals surface area contributed by atoms with E-state index in [0.717, 1.165) is 10.0 Å². The Balaban J connectivity index is 2.15. The fourth-order valence-corrected chi connectivity index (χ4v) is 3.17. The summed E-state index contributed by atoms with van der Waals surface area (Å²) in [5.41, 5.74) is 1.68. The van der Waals surface area contributed by atoms with E-state index in [1.807, 2.05) is 19.1 Å². The Labute approximate surface area is 166 Å². The van der Waals surface area contributed by atoms with Gasteiger partial charge in [-0.15, -0.1) is 0 Å². The number of hydrogen-bond donors (Lipinski definition) is 2. The van der Waals surface area contributed by atoms with Crippen LogP contribution >= 0.6 is 27.5 Å². The third-order valence-corrected chi connectivity index (χ3v) is 4.47. The molecule has 0 unspecified atom stereocenters. The maximum absolute atomic E-state index is 13.2. The van der Waals surface area contributed by atoms with E-state index in [0.29, 0.717) is 41.8 Å². The first-order chi connectivity index (χ1) is 12.4. The van der Waals surface area contributed by atoms with Crippen molar-refractivity contribution in [3.8, 4) is 11.5 Å². The van der Waals surface area contributed by atoms with Crippen LogP contribution in [0.1, 0.15) is 25.0 Å². The number of aliphatic hydroxyl groups is 1. The van der Waals surface area contributed by atoms with Gasteiger partial charge >= 0.3 is 0 Å². The van der Waals surface area contributed by atoms with Gasteiger partial charge in [0.1, 0.15) is 12.4 Å². The van der Waals surface area contributed by atoms with Crippen molar-refractivity contribution in [3.63, 3.8) is 0 Å². The van der Waals surface area contributed by atoms with Gasteiger partial charge in [0.15, 0.2) is 11.5 Å². The molecule has 2 rings (SSSR count). The summed E-state index contributed by atoms with van der Waals surface area (Å²) in [5, 5.41) is 12.8. The summed E-state index contributed by atoms with van der Waals surface area (Å²) in [7, 11) is 0. The predicted molar refractivity (Wildman–Crippen MR) is 104 cm³/mol. The van der Waals surface area contributed by atoms with Crippen LogP contribution in [0.4, 0.5) is 4.39 Å². The molecule has 26 heavy (non-hydrogen) atoms. The first kappa shape index (κ1) is 21.0. The van der Waals surface area contributed by atoms with Crippen molar-refractivity contribution in [2.24, 2.45) is 0 Å². The van der Waals surface area contributed by atoms with Crippen molar-refractivity contribution in [1.82, 2.24) is 5.32 Å². The molecule has 0 heterocycles. The molecule has 0 radical (unpaired) electrons. The molecule has 0 aromatic heterocycles. The quantitative estimate of drug-likeness (QED) is 0.587. The topological polar surface area (TPSA) is 50.7 Å². The summed E-state index contributed by atoms with van der Waals surface area (Å²) in [6, 6.07) is 8.03. The van der Waals surface area contributed by atoms with Crippen molar-refractivity contribution in [1.29, 1.82) is 0 Å². The fourth-order valence-electron chi connectivity index (χ4n) is 2.34. The monoisotopic (exact) mass is 445 g/mol. The highest BCUT2D eigenvalue weighted by atomic mass is 79.9. The van der Waals surface area contributed by atoms with Crippen LogP contribution in [0.2, 0.25) is 5.02 Å². The van der Waals surface area contributed by atoms with Gasteiger partial charge in [0.2, 0.25) is 0 Å². The van der Waals surface area contributed by atoms with Gasteiger partial charge in [-0.3, -0.25) is 0 Å². The Kier molecular flexibility index (Phi) is 8.15. The summed E-state index contributed by atoms with van der Waals surface area (Å²) < 4.78 is 25.5. The van der Waals surface area contributed by atoms with Crippen LogP contribution in [0.15, 0.2) is 34.8 Å². The zero-order valence-corrected chi connectivity index (χ0v) is 17.0. The van der Waals surface area contributed by atoms with Gasteiger partial charge in [-0.25, -0.2) is 4.39 Å². The fraction of sp³-hybridized carbons (Fsp3) is 0.368. The second-order valence-electron chi connectivity index (χ2n) is 5.84. The molecule has 0 aliphatic carbocycles. The van der Waals surface area contributed by atoms with Crippen molar-refractivity contribution in [2.75, 3.05) is 13.2 Å². The second-order valence-corrected chi connectivity index (χ2v) is 7.10. The molecule has 0 fully saturated rings. The summed E-state index contributed by atoms with van der Waals surface area (Å²) >= 11 is 9.57. The van der Waals surface area contributed by atoms with Crippen molar-refractivity contribution < 1.29 is 19.0 Å². The average molecular weight is 447 g/mol. The van der Waals surface area contributed by atoms with Crippen LogP contribution in [-0.2, 0) is 13.2 Å². The molecule has 4 nitrogen and oxygen atoms in total. The minimum Gasteiger partial charge on any atom is -0.490 e. The number of rotatable bonds is 9. The van der Waals surface area contributed by atoms with E-state index in [1.54, 1.807) is 13.0 Å². The lowest BCUT2D eigenvalue weighted by Crippen LogP contribution is -2.23. The molecule has 2 aromatic rings. The van der Waals surface area contributed by atoms with Gasteiger partial charge in [0.05, 0.1) is 22.2 Å². The summed E-state index contributed by atoms with van der Waals surface area (Å²) in [6.45, 7) is 5.40. The van der Waals surface area contributed by atoms with Gasteiger partial charge in [-0.05, 0) is 59.6 Å². The number of nitrogens with one attached hydrogen (secondary N) is 1. The second kappa shape index (κ2) is 10.1. The standard InChI is InChI=1S/C19H22BrClFNO3/c1-3-25-18-7-13(10-23-9-12(2)24)6-16(20)19(18)26-11-14-4-5-15(22)8-17(14)21/h4-8,12,23-24H,3,9-11H2,1-2H3/t12-/m1/s1. The van der Waals surface area contributed by atoms with Gasteiger partial charge in [-0.1, -0.05) is 17.7 Å². The Morgan fingerprint density at radius 3 is 2.69 bits per heavy atom. The molecule has 142 valence electrons. The molecule has 0 aliphatic rings. The zero-order valence-electron chi connectivity index (χ0n) is 14.7. The summed E-state index contributed by atoms with van der Waals surface area (Å²) in [6.07, 6.45) is -0.409. The van der Waals surface area contributed by atoms with E-state index >= 15 is 0 Å². The minimum atomic E-state index is -0.409. The molecule has 1 atom stereocenters. The van der Waals surface area contributed by atoms with Crippen molar-refractivity contribution >= 4 is 27.5 Å². The van der Waals surface area contributed by atoms with Crippen molar-refractivity contribution in [2.45, 2.75) is 33.1 Å². The van der Waals surface area contributed by atoms with Gasteiger partial charge in [0, 0.05) is 18.7 Å². The van der Waals surface area contributed by atoms with Crippen LogP contribution < -0.4 is 14.8 Å². The maximum atomic E-state index is 13.2. The molecule has 0 saturated carbocycles. The van der Waals surface area contributed by atoms with Gasteiger partial charge < -0.3 is 19.9 Å². The van der Waals surface area contributed by atoms with Crippen LogP contribution in [-0.4, -0.2) is 24.4 Å². The lowest BCUT2D eigenvalue weighted by molar-refractivity contribution is 0.191. The first-order valence-electron chi connectivity index (χ1n) is 8.31. The smallest absolute Gasteiger partial charge is 0.175 e. The highest BCUT2D eigenvalue weighted by Gasteiger charge is 2.14.